The molecule has 8 nitrogen and oxygen atoms in total. The highest BCUT2D eigenvalue weighted by atomic mass is 16.6. The smallest absolute Gasteiger partial charge is 0.355 e. The van der Waals surface area contributed by atoms with Gasteiger partial charge in [-0.25, -0.2) is 9.59 Å². The van der Waals surface area contributed by atoms with Gasteiger partial charge in [0.25, 0.3) is 0 Å². The summed E-state index contributed by atoms with van der Waals surface area (Å²) in [5, 5.41) is 8.79. The Morgan fingerprint density at radius 3 is 2.52 bits per heavy atom. The molecule has 0 aliphatic rings. The summed E-state index contributed by atoms with van der Waals surface area (Å²) in [6.45, 7) is 8.67. The molecular weight excluding hydrogens is 354 g/mol. The highest BCUT2D eigenvalue weighted by Gasteiger charge is 2.26. The summed E-state index contributed by atoms with van der Waals surface area (Å²) in [5.74, 6) is -1.76. The van der Waals surface area contributed by atoms with E-state index in [4.69, 9.17) is 19.3 Å². The second-order valence-electron chi connectivity index (χ2n) is 6.74. The van der Waals surface area contributed by atoms with E-state index in [1.54, 1.807) is 20.8 Å². The summed E-state index contributed by atoms with van der Waals surface area (Å²) >= 11 is 0. The van der Waals surface area contributed by atoms with Gasteiger partial charge in [-0.05, 0) is 32.8 Å². The summed E-state index contributed by atoms with van der Waals surface area (Å²) in [6, 6.07) is 0. The van der Waals surface area contributed by atoms with E-state index in [9.17, 15) is 14.4 Å². The Hall–Kier alpha value is -2.61. The number of nitrogens with one attached hydrogen (secondary N) is 1. The Morgan fingerprint density at radius 2 is 1.93 bits per heavy atom. The second-order valence-corrected chi connectivity index (χ2v) is 6.74. The number of esters is 3. The van der Waals surface area contributed by atoms with E-state index in [1.165, 1.54) is 12.3 Å². The SMILES string of the molecule is C=CCOC(=O)CCc1c(C(=O)OCCCO)c[nH]c1C(=O)OC(C)(C)C. The molecule has 0 aliphatic heterocycles. The van der Waals surface area contributed by atoms with Crippen LogP contribution in [0.2, 0.25) is 0 Å². The quantitative estimate of drug-likeness (QED) is 0.276. The van der Waals surface area contributed by atoms with Crippen molar-refractivity contribution in [2.75, 3.05) is 19.8 Å². The predicted octanol–water partition coefficient (Wildman–Crippen LogP) is 2.17. The van der Waals surface area contributed by atoms with Crippen molar-refractivity contribution in [3.05, 3.63) is 35.7 Å². The summed E-state index contributed by atoms with van der Waals surface area (Å²) in [4.78, 5) is 39.2. The second kappa shape index (κ2) is 10.5. The van der Waals surface area contributed by atoms with E-state index < -0.39 is 23.5 Å². The lowest BCUT2D eigenvalue weighted by atomic mass is 10.0. The molecule has 0 saturated carbocycles. The fourth-order valence-electron chi connectivity index (χ4n) is 2.16. The first-order chi connectivity index (χ1) is 12.7. The number of carbonyl (C=O) groups is 3. The average molecular weight is 381 g/mol. The number of rotatable bonds is 10. The number of aromatic amines is 1. The minimum atomic E-state index is -0.718. The van der Waals surface area contributed by atoms with Crippen LogP contribution in [0.4, 0.5) is 0 Å². The zero-order valence-electron chi connectivity index (χ0n) is 16.0. The topological polar surface area (TPSA) is 115 Å². The molecule has 0 amide bonds. The van der Waals surface area contributed by atoms with Crippen molar-refractivity contribution in [2.45, 2.75) is 45.6 Å². The third kappa shape index (κ3) is 7.65. The Morgan fingerprint density at radius 1 is 1.22 bits per heavy atom. The van der Waals surface area contributed by atoms with Gasteiger partial charge in [0.2, 0.25) is 0 Å². The molecule has 0 aromatic carbocycles. The molecule has 0 fully saturated rings. The van der Waals surface area contributed by atoms with E-state index in [1.807, 2.05) is 0 Å². The zero-order valence-corrected chi connectivity index (χ0v) is 16.0. The van der Waals surface area contributed by atoms with Crippen molar-refractivity contribution in [1.82, 2.24) is 4.98 Å². The average Bonchev–Trinajstić information content (AvgIpc) is 3.00. The van der Waals surface area contributed by atoms with Crippen LogP contribution in [0.5, 0.6) is 0 Å². The van der Waals surface area contributed by atoms with Crippen LogP contribution < -0.4 is 0 Å². The summed E-state index contributed by atoms with van der Waals surface area (Å²) in [6.07, 6.45) is 3.17. The Bertz CT molecular complexity index is 670. The van der Waals surface area contributed by atoms with Crippen molar-refractivity contribution in [2.24, 2.45) is 0 Å². The molecule has 0 radical (unpaired) electrons. The lowest BCUT2D eigenvalue weighted by Gasteiger charge is -2.19. The number of ether oxygens (including phenoxy) is 3. The van der Waals surface area contributed by atoms with Crippen LogP contribution >= 0.6 is 0 Å². The molecule has 8 heteroatoms. The van der Waals surface area contributed by atoms with Gasteiger partial charge < -0.3 is 24.3 Å². The van der Waals surface area contributed by atoms with Gasteiger partial charge in [0, 0.05) is 25.6 Å². The first-order valence-corrected chi connectivity index (χ1v) is 8.67. The van der Waals surface area contributed by atoms with E-state index >= 15 is 0 Å². The van der Waals surface area contributed by atoms with Crippen LogP contribution in [0.1, 0.15) is 60.0 Å². The van der Waals surface area contributed by atoms with E-state index in [0.29, 0.717) is 12.0 Å². The van der Waals surface area contributed by atoms with E-state index in [2.05, 4.69) is 11.6 Å². The van der Waals surface area contributed by atoms with Crippen LogP contribution in [0, 0.1) is 0 Å². The van der Waals surface area contributed by atoms with Gasteiger partial charge in [-0.2, -0.15) is 0 Å². The minimum absolute atomic E-state index is 0.0294. The minimum Gasteiger partial charge on any atom is -0.462 e. The van der Waals surface area contributed by atoms with Gasteiger partial charge in [-0.3, -0.25) is 4.79 Å². The molecule has 1 aromatic heterocycles. The number of aliphatic hydroxyl groups is 1. The van der Waals surface area contributed by atoms with Crippen molar-refractivity contribution in [3.63, 3.8) is 0 Å². The van der Waals surface area contributed by atoms with Gasteiger partial charge in [0.05, 0.1) is 12.2 Å². The summed E-state index contributed by atoms with van der Waals surface area (Å²) in [5.41, 5.74) is -0.154. The van der Waals surface area contributed by atoms with Gasteiger partial charge in [-0.1, -0.05) is 12.7 Å². The molecule has 1 rings (SSSR count). The monoisotopic (exact) mass is 381 g/mol. The number of aliphatic hydroxyl groups excluding tert-OH is 1. The lowest BCUT2D eigenvalue weighted by molar-refractivity contribution is -0.142. The maximum atomic E-state index is 12.4. The van der Waals surface area contributed by atoms with Gasteiger partial charge in [-0.15, -0.1) is 0 Å². The number of H-pyrrole nitrogens is 1. The van der Waals surface area contributed by atoms with Crippen LogP contribution in [0.25, 0.3) is 0 Å². The molecule has 27 heavy (non-hydrogen) atoms. The molecule has 0 bridgehead atoms. The Kier molecular flexibility index (Phi) is 8.74. The van der Waals surface area contributed by atoms with E-state index in [-0.39, 0.29) is 43.9 Å². The molecule has 0 saturated heterocycles. The number of hydrogen-bond acceptors (Lipinski definition) is 7. The van der Waals surface area contributed by atoms with Crippen LogP contribution in [0.3, 0.4) is 0 Å². The normalized spacial score (nSPS) is 11.0. The molecular formula is C19H27NO7. The van der Waals surface area contributed by atoms with Crippen molar-refractivity contribution in [1.29, 1.82) is 0 Å². The summed E-state index contributed by atoms with van der Waals surface area (Å²) < 4.78 is 15.3. The third-order valence-electron chi connectivity index (χ3n) is 3.29. The predicted molar refractivity (Wildman–Crippen MR) is 97.4 cm³/mol. The van der Waals surface area contributed by atoms with Crippen molar-refractivity contribution < 1.29 is 33.7 Å². The molecule has 1 heterocycles. The molecule has 2 N–H and O–H groups in total. The Labute approximate surface area is 158 Å². The number of hydrogen-bond donors (Lipinski definition) is 2. The molecule has 1 aromatic rings. The number of aromatic nitrogens is 1. The molecule has 0 atom stereocenters. The molecule has 0 aliphatic carbocycles. The third-order valence-corrected chi connectivity index (χ3v) is 3.29. The lowest BCUT2D eigenvalue weighted by Crippen LogP contribution is -2.25. The van der Waals surface area contributed by atoms with Crippen LogP contribution in [-0.2, 0) is 25.4 Å². The summed E-state index contributed by atoms with van der Waals surface area (Å²) in [7, 11) is 0. The van der Waals surface area contributed by atoms with Crippen LogP contribution in [-0.4, -0.2) is 53.4 Å². The fraction of sp³-hybridized carbons (Fsp3) is 0.526. The Balaban J connectivity index is 3.01. The first-order valence-electron chi connectivity index (χ1n) is 8.67. The van der Waals surface area contributed by atoms with Crippen molar-refractivity contribution >= 4 is 17.9 Å². The fourth-order valence-corrected chi connectivity index (χ4v) is 2.16. The highest BCUT2D eigenvalue weighted by Crippen LogP contribution is 2.21. The maximum absolute atomic E-state index is 12.4. The first kappa shape index (κ1) is 22.4. The van der Waals surface area contributed by atoms with Crippen LogP contribution in [0.15, 0.2) is 18.9 Å². The molecule has 0 spiro atoms. The molecule has 0 unspecified atom stereocenters. The number of carbonyl (C=O) groups excluding carboxylic acids is 3. The van der Waals surface area contributed by atoms with Gasteiger partial charge in [0.1, 0.15) is 17.9 Å². The van der Waals surface area contributed by atoms with E-state index in [0.717, 1.165) is 0 Å². The highest BCUT2D eigenvalue weighted by molar-refractivity contribution is 5.97. The van der Waals surface area contributed by atoms with Crippen molar-refractivity contribution in [3.8, 4) is 0 Å². The molecule has 150 valence electrons. The van der Waals surface area contributed by atoms with Gasteiger partial charge >= 0.3 is 17.9 Å². The largest absolute Gasteiger partial charge is 0.462 e. The maximum Gasteiger partial charge on any atom is 0.355 e. The van der Waals surface area contributed by atoms with Gasteiger partial charge in [0.15, 0.2) is 0 Å². The zero-order chi connectivity index (χ0) is 20.4. The standard InChI is InChI=1S/C19H27NO7/c1-5-10-25-15(22)8-7-13-14(17(23)26-11-6-9-21)12-20-16(13)18(24)27-19(2,3)4/h5,12,20-21H,1,6-11H2,2-4H3.